The zero-order valence-electron chi connectivity index (χ0n) is 38.1. The number of aliphatic hydroxyl groups excluding tert-OH is 1. The Morgan fingerprint density at radius 3 is 2.31 bits per heavy atom. The number of nitrogens with zero attached hydrogens (tertiary/aromatic N) is 4. The van der Waals surface area contributed by atoms with Crippen LogP contribution in [0.25, 0.3) is 0 Å². The minimum atomic E-state index is -0.949. The summed E-state index contributed by atoms with van der Waals surface area (Å²) in [5, 5.41) is 34.9. The Hall–Kier alpha value is -6.26. The number of hydrogen-bond acceptors (Lipinski definition) is 9. The van der Waals surface area contributed by atoms with Crippen molar-refractivity contribution in [3.8, 4) is 29.7 Å². The third kappa shape index (κ3) is 11.3. The Balaban J connectivity index is 0.968. The highest BCUT2D eigenvalue weighted by molar-refractivity contribution is 6.31. The molecule has 1 aromatic heterocycles. The number of likely N-dealkylation sites (tertiary alicyclic amines) is 1. The van der Waals surface area contributed by atoms with Crippen LogP contribution in [-0.2, 0) is 32.1 Å². The number of amides is 3. The van der Waals surface area contributed by atoms with Crippen LogP contribution < -0.4 is 15.4 Å². The van der Waals surface area contributed by atoms with Gasteiger partial charge in [-0.3, -0.25) is 24.2 Å². The predicted molar refractivity (Wildman–Crippen MR) is 247 cm³/mol. The second-order valence-corrected chi connectivity index (χ2v) is 19.9. The van der Waals surface area contributed by atoms with Crippen molar-refractivity contribution in [3.05, 3.63) is 118 Å². The molecule has 1 aliphatic heterocycles. The number of aliphatic hydroxyl groups is 1. The molecular weight excluding hydrogens is 840 g/mol. The summed E-state index contributed by atoms with van der Waals surface area (Å²) in [7, 11) is 0. The van der Waals surface area contributed by atoms with E-state index in [4.69, 9.17) is 21.6 Å². The van der Waals surface area contributed by atoms with E-state index in [0.717, 1.165) is 5.56 Å². The maximum atomic E-state index is 14.0. The number of aromatic nitrogens is 1. The van der Waals surface area contributed by atoms with Crippen LogP contribution in [0.2, 0.25) is 5.02 Å². The summed E-state index contributed by atoms with van der Waals surface area (Å²) < 4.78 is 6.40. The fraction of sp³-hybridized carbons (Fsp3) is 0.442. The van der Waals surface area contributed by atoms with Crippen LogP contribution in [0.1, 0.15) is 102 Å². The highest BCUT2D eigenvalue weighted by Crippen LogP contribution is 2.62. The highest BCUT2D eigenvalue weighted by atomic mass is 35.5. The van der Waals surface area contributed by atoms with Gasteiger partial charge in [0.15, 0.2) is 5.78 Å². The number of nitriles is 2. The molecule has 1 saturated carbocycles. The van der Waals surface area contributed by atoms with Gasteiger partial charge in [0, 0.05) is 78.2 Å². The maximum Gasteiger partial charge on any atom is 0.246 e. The number of Topliss-reactive ketones (excluding diaryl/α,β-unsaturated/α-hetero) is 1. The molecule has 3 N–H and O–H groups in total. The minimum Gasteiger partial charge on any atom is -0.489 e. The van der Waals surface area contributed by atoms with Crippen LogP contribution in [0.3, 0.4) is 0 Å². The summed E-state index contributed by atoms with van der Waals surface area (Å²) >= 11 is 6.25. The molecule has 1 unspecified atom stereocenters. The standard InChI is InChI=1S/C52H57ClN6O6/c1-50(2,3)46(48(64)59-31-39(60)24-42(59)47(63)57-30-34-12-9-33(27-54)10-13-34)58-45(62)23-21-38-20-16-35(29-56-38)11-8-32-14-17-36(18-15-32)43(61)26-44-51(4,5)49(52(44,6)7)65-40-22-19-37(28-55)41(53)25-40/h9-10,12-14,16-20,22,25,29,32,39,42,44,46,49,60H,15,21,23-24,26,30-31H2,1-7H3,(H,57,63)(H,58,62)/t32?,39-,42+,44?,46-,49?/m1/s1. The van der Waals surface area contributed by atoms with Gasteiger partial charge in [0.1, 0.15) is 30.0 Å². The van der Waals surface area contributed by atoms with E-state index < -0.39 is 35.4 Å². The van der Waals surface area contributed by atoms with Crippen molar-refractivity contribution in [2.24, 2.45) is 28.1 Å². The molecule has 12 nitrogen and oxygen atoms in total. The van der Waals surface area contributed by atoms with Crippen LogP contribution in [0.4, 0.5) is 0 Å². The van der Waals surface area contributed by atoms with Crippen molar-refractivity contribution in [2.45, 2.75) is 111 Å². The molecule has 6 rings (SSSR count). The van der Waals surface area contributed by atoms with Crippen molar-refractivity contribution in [1.82, 2.24) is 20.5 Å². The van der Waals surface area contributed by atoms with E-state index in [0.29, 0.717) is 58.0 Å². The Kier molecular flexibility index (Phi) is 14.7. The van der Waals surface area contributed by atoms with E-state index >= 15 is 0 Å². The molecule has 4 atom stereocenters. The summed E-state index contributed by atoms with van der Waals surface area (Å²) in [4.78, 5) is 60.0. The Morgan fingerprint density at radius 1 is 1.00 bits per heavy atom. The number of carbonyl (C=O) groups excluding carboxylic acids is 4. The van der Waals surface area contributed by atoms with Crippen LogP contribution in [0.15, 0.2) is 84.6 Å². The average molecular weight is 898 g/mol. The number of β-amino-alcohol motifs (C(OH)–C–C–N with tert-alkyl or cyclic N) is 1. The summed E-state index contributed by atoms with van der Waals surface area (Å²) in [5.74, 6) is 5.96. The smallest absolute Gasteiger partial charge is 0.246 e. The van der Waals surface area contributed by atoms with Crippen LogP contribution in [0.5, 0.6) is 5.75 Å². The molecule has 0 bridgehead atoms. The molecule has 2 fully saturated rings. The normalized spacial score (nSPS) is 22.1. The van der Waals surface area contributed by atoms with Crippen LogP contribution >= 0.6 is 11.6 Å². The van der Waals surface area contributed by atoms with E-state index in [1.165, 1.54) is 4.90 Å². The molecule has 0 spiro atoms. The number of nitrogens with one attached hydrogen (secondary N) is 2. The van der Waals surface area contributed by atoms with Gasteiger partial charge >= 0.3 is 0 Å². The zero-order valence-corrected chi connectivity index (χ0v) is 38.8. The lowest BCUT2D eigenvalue weighted by molar-refractivity contribution is -0.200. The molecule has 3 aromatic rings. The molecule has 1 saturated heterocycles. The number of pyridine rings is 1. The zero-order chi connectivity index (χ0) is 47.3. The van der Waals surface area contributed by atoms with Gasteiger partial charge < -0.3 is 25.4 Å². The number of carbonyl (C=O) groups is 4. The van der Waals surface area contributed by atoms with Gasteiger partial charge in [0.05, 0.1) is 28.3 Å². The number of aryl methyl sites for hydroxylation is 1. The number of ether oxygens (including phenoxy) is 1. The molecule has 338 valence electrons. The summed E-state index contributed by atoms with van der Waals surface area (Å²) in [6.07, 6.45) is 7.91. The fourth-order valence-corrected chi connectivity index (χ4v) is 9.68. The van der Waals surface area contributed by atoms with Gasteiger partial charge in [-0.05, 0) is 66.1 Å². The maximum absolute atomic E-state index is 14.0. The molecule has 13 heteroatoms. The predicted octanol–water partition coefficient (Wildman–Crippen LogP) is 7.16. The minimum absolute atomic E-state index is 0.0280. The molecule has 0 radical (unpaired) electrons. The number of halogens is 1. The molecule has 2 aliphatic carbocycles. The van der Waals surface area contributed by atoms with E-state index in [9.17, 15) is 29.5 Å². The summed E-state index contributed by atoms with van der Waals surface area (Å²) in [5.41, 5.74) is 2.52. The van der Waals surface area contributed by atoms with Gasteiger partial charge in [-0.25, -0.2) is 0 Å². The first-order valence-electron chi connectivity index (χ1n) is 22.0. The van der Waals surface area contributed by atoms with Crippen molar-refractivity contribution < 1.29 is 29.0 Å². The van der Waals surface area contributed by atoms with Gasteiger partial charge in [-0.15, -0.1) is 0 Å². The summed E-state index contributed by atoms with van der Waals surface area (Å²) in [6, 6.07) is 17.8. The average Bonchev–Trinajstić information content (AvgIpc) is 3.68. The summed E-state index contributed by atoms with van der Waals surface area (Å²) in [6.45, 7) is 14.2. The first-order valence-corrected chi connectivity index (χ1v) is 22.4. The number of hydrogen-bond donors (Lipinski definition) is 3. The first kappa shape index (κ1) is 48.2. The lowest BCUT2D eigenvalue weighted by Gasteiger charge is -2.63. The van der Waals surface area contributed by atoms with Crippen molar-refractivity contribution in [1.29, 1.82) is 10.5 Å². The fourth-order valence-electron chi connectivity index (χ4n) is 9.47. The number of allylic oxidation sites excluding steroid dienone is 4. The van der Waals surface area contributed by atoms with Crippen molar-refractivity contribution in [2.75, 3.05) is 6.54 Å². The van der Waals surface area contributed by atoms with E-state index in [-0.39, 0.29) is 66.4 Å². The highest BCUT2D eigenvalue weighted by Gasteiger charge is 2.63. The van der Waals surface area contributed by atoms with Crippen LogP contribution in [0, 0.1) is 62.6 Å². The first-order chi connectivity index (χ1) is 30.7. The monoisotopic (exact) mass is 896 g/mol. The molecule has 65 heavy (non-hydrogen) atoms. The lowest BCUT2D eigenvalue weighted by atomic mass is 9.44. The lowest BCUT2D eigenvalue weighted by Crippen LogP contribution is -2.66. The molecule has 3 amide bonds. The Bertz CT molecular complexity index is 2500. The quantitative estimate of drug-likeness (QED) is 0.150. The van der Waals surface area contributed by atoms with Crippen molar-refractivity contribution in [3.63, 3.8) is 0 Å². The number of rotatable bonds is 13. The SMILES string of the molecule is CC1(C)C(CC(=O)C2=CCC(C#Cc3ccc(CCC(=O)N[C@H](C(=O)N4C[C@H](O)C[C@H]4C(=O)NCc4ccc(C#N)cc4)C(C)(C)C)nc3)C=C2)C(C)(C)C1Oc1ccc(C#N)c(Cl)c1. The third-order valence-electron chi connectivity index (χ3n) is 12.9. The van der Waals surface area contributed by atoms with Gasteiger partial charge in [0.2, 0.25) is 17.7 Å². The number of benzene rings is 2. The molecule has 3 aliphatic rings. The molecular formula is C52H57ClN6O6. The van der Waals surface area contributed by atoms with Crippen LogP contribution in [-0.4, -0.2) is 69.3 Å². The van der Waals surface area contributed by atoms with Gasteiger partial charge in [-0.1, -0.05) is 102 Å². The number of ketones is 1. The third-order valence-corrected chi connectivity index (χ3v) is 13.3. The Morgan fingerprint density at radius 2 is 1.71 bits per heavy atom. The van der Waals surface area contributed by atoms with E-state index in [1.807, 2.05) is 51.1 Å². The van der Waals surface area contributed by atoms with Gasteiger partial charge in [-0.2, -0.15) is 10.5 Å². The second kappa shape index (κ2) is 19.9. The second-order valence-electron chi connectivity index (χ2n) is 19.5. The van der Waals surface area contributed by atoms with E-state index in [2.05, 4.69) is 67.3 Å². The largest absolute Gasteiger partial charge is 0.489 e. The van der Waals surface area contributed by atoms with Crippen molar-refractivity contribution >= 4 is 35.1 Å². The van der Waals surface area contributed by atoms with E-state index in [1.54, 1.807) is 48.7 Å². The molecule has 2 aromatic carbocycles. The topological polar surface area (TPSA) is 186 Å². The molecule has 2 heterocycles. The van der Waals surface area contributed by atoms with Gasteiger partial charge in [0.25, 0.3) is 0 Å². The Labute approximate surface area is 387 Å².